The standard InChI is InChI=1S/C21H16F3N5O2S/c1-28-11-9-25-18(28)17-16(13-6-3-2-4-7-13)27-20(32-17)26-15(30)12-29-10-5-8-14(19(29)31)21(22,23)24/h2-11H,12H2,1H3,(H,26,27,30). The fraction of sp³-hybridized carbons (Fsp3) is 0.143. The number of carbonyl (C=O) groups excluding carboxylic acids is 1. The number of alkyl halides is 3. The molecule has 3 aromatic heterocycles. The minimum atomic E-state index is -4.80. The van der Waals surface area contributed by atoms with Crippen molar-refractivity contribution in [3.63, 3.8) is 0 Å². The zero-order valence-electron chi connectivity index (χ0n) is 16.6. The van der Waals surface area contributed by atoms with E-state index in [-0.39, 0.29) is 5.13 Å². The predicted octanol–water partition coefficient (Wildman–Crippen LogP) is 4.03. The molecule has 0 bridgehead atoms. The van der Waals surface area contributed by atoms with Crippen LogP contribution in [0.3, 0.4) is 0 Å². The third-order valence-corrected chi connectivity index (χ3v) is 5.55. The lowest BCUT2D eigenvalue weighted by Gasteiger charge is -2.09. The highest BCUT2D eigenvalue weighted by molar-refractivity contribution is 7.19. The molecule has 0 atom stereocenters. The number of anilines is 1. The largest absolute Gasteiger partial charge is 0.421 e. The second-order valence-electron chi connectivity index (χ2n) is 6.83. The van der Waals surface area contributed by atoms with Crippen LogP contribution >= 0.6 is 11.3 Å². The van der Waals surface area contributed by atoms with Crippen molar-refractivity contribution in [2.75, 3.05) is 5.32 Å². The van der Waals surface area contributed by atoms with Crippen molar-refractivity contribution < 1.29 is 18.0 Å². The van der Waals surface area contributed by atoms with Gasteiger partial charge in [0.15, 0.2) is 11.0 Å². The molecule has 0 saturated heterocycles. The third-order valence-electron chi connectivity index (χ3n) is 4.58. The molecule has 4 aromatic rings. The first-order chi connectivity index (χ1) is 15.2. The molecule has 1 aromatic carbocycles. The first kappa shape index (κ1) is 21.5. The number of pyridine rings is 1. The first-order valence-electron chi connectivity index (χ1n) is 9.34. The number of amides is 1. The average molecular weight is 459 g/mol. The molecule has 1 amide bonds. The van der Waals surface area contributed by atoms with E-state index in [4.69, 9.17) is 0 Å². The Morgan fingerprint density at radius 3 is 2.53 bits per heavy atom. The number of aryl methyl sites for hydroxylation is 1. The molecule has 7 nitrogen and oxygen atoms in total. The molecule has 32 heavy (non-hydrogen) atoms. The summed E-state index contributed by atoms with van der Waals surface area (Å²) in [4.78, 5) is 34.1. The number of rotatable bonds is 5. The summed E-state index contributed by atoms with van der Waals surface area (Å²) in [5.41, 5.74) is -1.19. The highest BCUT2D eigenvalue weighted by Crippen LogP contribution is 2.38. The Morgan fingerprint density at radius 1 is 1.12 bits per heavy atom. The van der Waals surface area contributed by atoms with Gasteiger partial charge in [0.2, 0.25) is 5.91 Å². The maximum Gasteiger partial charge on any atom is 0.421 e. The van der Waals surface area contributed by atoms with Crippen LogP contribution in [-0.4, -0.2) is 25.0 Å². The molecule has 0 unspecified atom stereocenters. The second-order valence-corrected chi connectivity index (χ2v) is 7.82. The molecule has 0 spiro atoms. The Balaban J connectivity index is 1.63. The molecule has 11 heteroatoms. The predicted molar refractivity (Wildman–Crippen MR) is 114 cm³/mol. The van der Waals surface area contributed by atoms with Crippen LogP contribution in [0.1, 0.15) is 5.56 Å². The number of nitrogens with zero attached hydrogens (tertiary/aromatic N) is 4. The van der Waals surface area contributed by atoms with Crippen LogP contribution in [0.2, 0.25) is 0 Å². The molecular formula is C21H16F3N5O2S. The monoisotopic (exact) mass is 459 g/mol. The maximum absolute atomic E-state index is 13.0. The lowest BCUT2D eigenvalue weighted by Crippen LogP contribution is -2.31. The van der Waals surface area contributed by atoms with E-state index in [9.17, 15) is 22.8 Å². The quantitative estimate of drug-likeness (QED) is 0.489. The Kier molecular flexibility index (Phi) is 5.66. The van der Waals surface area contributed by atoms with Gasteiger partial charge >= 0.3 is 6.18 Å². The number of hydrogen-bond acceptors (Lipinski definition) is 5. The fourth-order valence-corrected chi connectivity index (χ4v) is 4.14. The van der Waals surface area contributed by atoms with Crippen molar-refractivity contribution in [3.05, 3.63) is 77.0 Å². The minimum Gasteiger partial charge on any atom is -0.333 e. The summed E-state index contributed by atoms with van der Waals surface area (Å²) in [6.07, 6.45) is -0.245. The van der Waals surface area contributed by atoms with E-state index in [1.54, 1.807) is 12.4 Å². The number of imidazole rings is 1. The molecule has 3 heterocycles. The molecule has 0 radical (unpaired) electrons. The average Bonchev–Trinajstić information content (AvgIpc) is 3.35. The van der Waals surface area contributed by atoms with Crippen molar-refractivity contribution in [3.8, 4) is 22.0 Å². The van der Waals surface area contributed by atoms with Crippen molar-refractivity contribution in [2.24, 2.45) is 7.05 Å². The van der Waals surface area contributed by atoms with Gasteiger partial charge in [-0.1, -0.05) is 41.7 Å². The number of halogens is 3. The van der Waals surface area contributed by atoms with Gasteiger partial charge in [-0.25, -0.2) is 9.97 Å². The van der Waals surface area contributed by atoms with Crippen molar-refractivity contribution in [1.29, 1.82) is 0 Å². The number of carbonyl (C=O) groups is 1. The number of aromatic nitrogens is 4. The van der Waals surface area contributed by atoms with E-state index >= 15 is 0 Å². The van der Waals surface area contributed by atoms with Crippen LogP contribution in [0.15, 0.2) is 65.8 Å². The smallest absolute Gasteiger partial charge is 0.333 e. The Bertz CT molecular complexity index is 1330. The topological polar surface area (TPSA) is 81.8 Å². The van der Waals surface area contributed by atoms with Gasteiger partial charge in [-0.2, -0.15) is 13.2 Å². The van der Waals surface area contributed by atoms with E-state index in [2.05, 4.69) is 15.3 Å². The van der Waals surface area contributed by atoms with Gasteiger partial charge in [0.05, 0.1) is 10.6 Å². The molecular weight excluding hydrogens is 443 g/mol. The zero-order chi connectivity index (χ0) is 22.9. The summed E-state index contributed by atoms with van der Waals surface area (Å²) in [5.74, 6) is -0.0258. The van der Waals surface area contributed by atoms with Crippen LogP contribution in [0.5, 0.6) is 0 Å². The Labute approximate surface area is 183 Å². The third kappa shape index (κ3) is 4.33. The van der Waals surface area contributed by atoms with Crippen LogP contribution < -0.4 is 10.9 Å². The fourth-order valence-electron chi connectivity index (χ4n) is 3.09. The molecule has 0 fully saturated rings. The van der Waals surface area contributed by atoms with E-state index in [1.807, 2.05) is 41.9 Å². The molecule has 0 aliphatic carbocycles. The molecule has 0 aliphatic rings. The van der Waals surface area contributed by atoms with E-state index < -0.39 is 29.8 Å². The first-order valence-corrected chi connectivity index (χ1v) is 10.2. The van der Waals surface area contributed by atoms with Gasteiger partial charge in [0.1, 0.15) is 12.1 Å². The highest BCUT2D eigenvalue weighted by Gasteiger charge is 2.34. The van der Waals surface area contributed by atoms with Gasteiger partial charge in [0, 0.05) is 31.2 Å². The summed E-state index contributed by atoms with van der Waals surface area (Å²) in [6.45, 7) is -0.583. The summed E-state index contributed by atoms with van der Waals surface area (Å²) in [6, 6.07) is 11.1. The summed E-state index contributed by atoms with van der Waals surface area (Å²) in [7, 11) is 1.83. The number of hydrogen-bond donors (Lipinski definition) is 1. The Morgan fingerprint density at radius 2 is 1.88 bits per heavy atom. The molecule has 0 saturated carbocycles. The minimum absolute atomic E-state index is 0.242. The van der Waals surface area contributed by atoms with Crippen molar-refractivity contribution in [2.45, 2.75) is 12.7 Å². The lowest BCUT2D eigenvalue weighted by molar-refractivity contribution is -0.139. The van der Waals surface area contributed by atoms with Gasteiger partial charge < -0.3 is 14.5 Å². The highest BCUT2D eigenvalue weighted by atomic mass is 32.1. The van der Waals surface area contributed by atoms with Crippen LogP contribution in [0, 0.1) is 0 Å². The molecule has 164 valence electrons. The second kappa shape index (κ2) is 8.42. The maximum atomic E-state index is 13.0. The van der Waals surface area contributed by atoms with Crippen LogP contribution in [0.4, 0.5) is 18.3 Å². The van der Waals surface area contributed by atoms with Crippen molar-refractivity contribution >= 4 is 22.4 Å². The zero-order valence-corrected chi connectivity index (χ0v) is 17.4. The van der Waals surface area contributed by atoms with E-state index in [0.717, 1.165) is 22.7 Å². The van der Waals surface area contributed by atoms with Crippen LogP contribution in [0.25, 0.3) is 22.0 Å². The van der Waals surface area contributed by atoms with Gasteiger partial charge in [0.25, 0.3) is 5.56 Å². The summed E-state index contributed by atoms with van der Waals surface area (Å²) < 4.78 is 41.4. The van der Waals surface area contributed by atoms with Gasteiger partial charge in [-0.05, 0) is 12.1 Å². The van der Waals surface area contributed by atoms with Gasteiger partial charge in [-0.3, -0.25) is 9.59 Å². The molecule has 4 rings (SSSR count). The number of benzene rings is 1. The summed E-state index contributed by atoms with van der Waals surface area (Å²) >= 11 is 1.18. The number of nitrogens with one attached hydrogen (secondary N) is 1. The Hall–Kier alpha value is -3.73. The van der Waals surface area contributed by atoms with Gasteiger partial charge in [-0.15, -0.1) is 0 Å². The normalized spacial score (nSPS) is 11.5. The molecule has 1 N–H and O–H groups in total. The van der Waals surface area contributed by atoms with E-state index in [0.29, 0.717) is 22.2 Å². The molecule has 0 aliphatic heterocycles. The summed E-state index contributed by atoms with van der Waals surface area (Å²) in [5, 5.41) is 2.82. The SMILES string of the molecule is Cn1ccnc1-c1sc(NC(=O)Cn2cccc(C(F)(F)F)c2=O)nc1-c1ccccc1. The number of thiazole rings is 1. The van der Waals surface area contributed by atoms with Crippen molar-refractivity contribution in [1.82, 2.24) is 19.1 Å². The lowest BCUT2D eigenvalue weighted by atomic mass is 10.1. The van der Waals surface area contributed by atoms with E-state index in [1.165, 1.54) is 11.3 Å². The van der Waals surface area contributed by atoms with Crippen LogP contribution in [-0.2, 0) is 24.6 Å².